The fourth-order valence-electron chi connectivity index (χ4n) is 3.65. The molecule has 2 N–H and O–H groups in total. The summed E-state index contributed by atoms with van der Waals surface area (Å²) in [5, 5.41) is 10.1. The average Bonchev–Trinajstić information content (AvgIpc) is 3.19. The van der Waals surface area contributed by atoms with Crippen molar-refractivity contribution in [1.29, 1.82) is 0 Å². The number of ether oxygens (including phenoxy) is 1. The fraction of sp³-hybridized carbons (Fsp3) is 0.273. The summed E-state index contributed by atoms with van der Waals surface area (Å²) >= 11 is 5.98. The number of nitrogens with zero attached hydrogens (tertiary/aromatic N) is 2. The van der Waals surface area contributed by atoms with E-state index < -0.39 is 24.2 Å². The molecular formula is C22H20ClF3N4O2. The zero-order valence-electron chi connectivity index (χ0n) is 17.2. The zero-order valence-corrected chi connectivity index (χ0v) is 18.0. The second-order valence-corrected chi connectivity index (χ2v) is 7.97. The van der Waals surface area contributed by atoms with Gasteiger partial charge in [-0.1, -0.05) is 29.8 Å². The number of aromatic nitrogens is 2. The summed E-state index contributed by atoms with van der Waals surface area (Å²) in [4.78, 5) is 12.7. The molecule has 1 aliphatic rings. The molecule has 1 aliphatic heterocycles. The Kier molecular flexibility index (Phi) is 5.77. The van der Waals surface area contributed by atoms with Crippen molar-refractivity contribution in [3.63, 3.8) is 0 Å². The summed E-state index contributed by atoms with van der Waals surface area (Å²) in [6.45, 7) is 1.78. The average molecular weight is 465 g/mol. The summed E-state index contributed by atoms with van der Waals surface area (Å²) < 4.78 is 47.5. The third-order valence-corrected chi connectivity index (χ3v) is 5.62. The fourth-order valence-corrected chi connectivity index (χ4v) is 3.83. The SMILES string of the molecule is COc1ccc(C2CC(C(F)(F)F)n3nc(C(=O)Nc4cc(Cl)ccc4C)cc3N2)cc1. The lowest BCUT2D eigenvalue weighted by atomic mass is 9.97. The molecule has 2 unspecified atom stereocenters. The number of carbonyl (C=O) groups excluding carboxylic acids is 1. The molecule has 0 fully saturated rings. The molecule has 0 saturated heterocycles. The number of anilines is 2. The smallest absolute Gasteiger partial charge is 0.410 e. The first-order valence-electron chi connectivity index (χ1n) is 9.80. The number of nitrogens with one attached hydrogen (secondary N) is 2. The molecule has 1 aromatic heterocycles. The molecule has 10 heteroatoms. The Labute approximate surface area is 187 Å². The number of benzene rings is 2. The van der Waals surface area contributed by atoms with Crippen LogP contribution in [-0.2, 0) is 0 Å². The number of hydrogen-bond donors (Lipinski definition) is 2. The highest BCUT2D eigenvalue weighted by Crippen LogP contribution is 2.43. The van der Waals surface area contributed by atoms with Gasteiger partial charge >= 0.3 is 6.18 Å². The number of fused-ring (bicyclic) bond motifs is 1. The lowest BCUT2D eigenvalue weighted by molar-refractivity contribution is -0.173. The van der Waals surface area contributed by atoms with E-state index in [0.29, 0.717) is 22.0 Å². The Hall–Kier alpha value is -3.20. The minimum absolute atomic E-state index is 0.118. The van der Waals surface area contributed by atoms with Crippen molar-refractivity contribution in [3.8, 4) is 5.75 Å². The van der Waals surface area contributed by atoms with Crippen LogP contribution in [0, 0.1) is 6.92 Å². The third-order valence-electron chi connectivity index (χ3n) is 5.39. The van der Waals surface area contributed by atoms with Crippen LogP contribution in [0.1, 0.15) is 40.1 Å². The lowest BCUT2D eigenvalue weighted by Gasteiger charge is -2.33. The Balaban J connectivity index is 1.64. The standard InChI is InChI=1S/C22H20ClF3N4O2/c1-12-3-6-14(23)9-16(12)28-21(31)18-11-20-27-17(13-4-7-15(32-2)8-5-13)10-19(22(24,25)26)30(20)29-18/h3-9,11,17,19,27H,10H2,1-2H3,(H,28,31). The van der Waals surface area contributed by atoms with Crippen LogP contribution in [0.5, 0.6) is 5.75 Å². The largest absolute Gasteiger partial charge is 0.497 e. The minimum atomic E-state index is -4.54. The van der Waals surface area contributed by atoms with Gasteiger partial charge in [-0.15, -0.1) is 0 Å². The van der Waals surface area contributed by atoms with Crippen LogP contribution in [0.25, 0.3) is 0 Å². The molecule has 0 aliphatic carbocycles. The van der Waals surface area contributed by atoms with Crippen LogP contribution in [0.2, 0.25) is 5.02 Å². The van der Waals surface area contributed by atoms with Crippen molar-refractivity contribution in [2.24, 2.45) is 0 Å². The van der Waals surface area contributed by atoms with Crippen molar-refractivity contribution in [3.05, 3.63) is 70.4 Å². The molecule has 168 valence electrons. The summed E-state index contributed by atoms with van der Waals surface area (Å²) in [7, 11) is 1.52. The van der Waals surface area contributed by atoms with Gasteiger partial charge in [0.2, 0.25) is 0 Å². The van der Waals surface area contributed by atoms with Crippen molar-refractivity contribution in [2.75, 3.05) is 17.7 Å². The van der Waals surface area contributed by atoms with Crippen LogP contribution in [0.15, 0.2) is 48.5 Å². The molecule has 0 radical (unpaired) electrons. The van der Waals surface area contributed by atoms with Gasteiger partial charge in [0, 0.05) is 23.2 Å². The molecule has 0 bridgehead atoms. The topological polar surface area (TPSA) is 68.2 Å². The molecule has 0 saturated carbocycles. The van der Waals surface area contributed by atoms with E-state index in [1.54, 1.807) is 49.4 Å². The van der Waals surface area contributed by atoms with Crippen molar-refractivity contribution in [1.82, 2.24) is 9.78 Å². The number of alkyl halides is 3. The second-order valence-electron chi connectivity index (χ2n) is 7.54. The maximum atomic E-state index is 13.9. The summed E-state index contributed by atoms with van der Waals surface area (Å²) in [6.07, 6.45) is -4.80. The third kappa shape index (κ3) is 4.38. The van der Waals surface area contributed by atoms with Gasteiger partial charge in [0.05, 0.1) is 13.2 Å². The lowest BCUT2D eigenvalue weighted by Crippen LogP contribution is -2.35. The number of methoxy groups -OCH3 is 1. The predicted octanol–water partition coefficient (Wildman–Crippen LogP) is 5.77. The first-order valence-corrected chi connectivity index (χ1v) is 10.2. The number of halogens is 4. The van der Waals surface area contributed by atoms with Gasteiger partial charge in [-0.2, -0.15) is 18.3 Å². The van der Waals surface area contributed by atoms with E-state index in [0.717, 1.165) is 10.2 Å². The molecular weight excluding hydrogens is 445 g/mol. The molecule has 4 rings (SSSR count). The van der Waals surface area contributed by atoms with Crippen LogP contribution < -0.4 is 15.4 Å². The Bertz CT molecular complexity index is 1150. The molecule has 2 aromatic carbocycles. The highest BCUT2D eigenvalue weighted by molar-refractivity contribution is 6.31. The normalized spacial score (nSPS) is 17.9. The van der Waals surface area contributed by atoms with Crippen molar-refractivity contribution < 1.29 is 22.7 Å². The van der Waals surface area contributed by atoms with Crippen LogP contribution >= 0.6 is 11.6 Å². The van der Waals surface area contributed by atoms with E-state index in [-0.39, 0.29) is 17.9 Å². The minimum Gasteiger partial charge on any atom is -0.497 e. The van der Waals surface area contributed by atoms with Gasteiger partial charge in [-0.25, -0.2) is 4.68 Å². The Morgan fingerprint density at radius 3 is 2.59 bits per heavy atom. The predicted molar refractivity (Wildman–Crippen MR) is 115 cm³/mol. The van der Waals surface area contributed by atoms with E-state index in [1.807, 2.05) is 0 Å². The number of aryl methyl sites for hydroxylation is 1. The molecule has 2 atom stereocenters. The summed E-state index contributed by atoms with van der Waals surface area (Å²) in [6, 6.07) is 10.6. The van der Waals surface area contributed by atoms with Crippen LogP contribution in [-0.4, -0.2) is 29.0 Å². The van der Waals surface area contributed by atoms with Crippen molar-refractivity contribution >= 4 is 29.0 Å². The Morgan fingerprint density at radius 2 is 1.94 bits per heavy atom. The molecule has 0 spiro atoms. The van der Waals surface area contributed by atoms with Gasteiger partial charge < -0.3 is 15.4 Å². The molecule has 32 heavy (non-hydrogen) atoms. The van der Waals surface area contributed by atoms with Crippen LogP contribution in [0.3, 0.4) is 0 Å². The summed E-state index contributed by atoms with van der Waals surface area (Å²) in [5.41, 5.74) is 1.77. The van der Waals surface area contributed by atoms with Crippen LogP contribution in [0.4, 0.5) is 24.7 Å². The molecule has 1 amide bonds. The van der Waals surface area contributed by atoms with E-state index in [1.165, 1.54) is 13.2 Å². The molecule has 3 aromatic rings. The van der Waals surface area contributed by atoms with Gasteiger partial charge in [-0.3, -0.25) is 4.79 Å². The highest BCUT2D eigenvalue weighted by Gasteiger charge is 2.46. The highest BCUT2D eigenvalue weighted by atomic mass is 35.5. The zero-order chi connectivity index (χ0) is 23.0. The van der Waals surface area contributed by atoms with Gasteiger partial charge in [0.15, 0.2) is 11.7 Å². The first-order chi connectivity index (χ1) is 15.2. The molecule has 2 heterocycles. The number of rotatable bonds is 4. The monoisotopic (exact) mass is 464 g/mol. The summed E-state index contributed by atoms with van der Waals surface area (Å²) in [5.74, 6) is 0.102. The van der Waals surface area contributed by atoms with E-state index in [2.05, 4.69) is 15.7 Å². The van der Waals surface area contributed by atoms with Crippen molar-refractivity contribution in [2.45, 2.75) is 31.6 Å². The van der Waals surface area contributed by atoms with Gasteiger partial charge in [0.1, 0.15) is 11.6 Å². The van der Waals surface area contributed by atoms with E-state index >= 15 is 0 Å². The van der Waals surface area contributed by atoms with Gasteiger partial charge in [-0.05, 0) is 42.3 Å². The first kappa shape index (κ1) is 22.0. The van der Waals surface area contributed by atoms with Gasteiger partial charge in [0.25, 0.3) is 5.91 Å². The quantitative estimate of drug-likeness (QED) is 0.514. The van der Waals surface area contributed by atoms with E-state index in [9.17, 15) is 18.0 Å². The number of amides is 1. The van der Waals surface area contributed by atoms with E-state index in [4.69, 9.17) is 16.3 Å². The maximum absolute atomic E-state index is 13.9. The maximum Gasteiger partial charge on any atom is 0.410 e. The second kappa shape index (κ2) is 8.38. The Morgan fingerprint density at radius 1 is 1.22 bits per heavy atom. The number of hydrogen-bond acceptors (Lipinski definition) is 4. The molecule has 6 nitrogen and oxygen atoms in total. The number of carbonyl (C=O) groups is 1.